The fraction of sp³-hybridized carbons (Fsp3) is 0.269. The second-order valence-electron chi connectivity index (χ2n) is 8.59. The average molecular weight is 440 g/mol. The van der Waals surface area contributed by atoms with Gasteiger partial charge in [0.25, 0.3) is 0 Å². The zero-order valence-corrected chi connectivity index (χ0v) is 18.2. The molecule has 1 aliphatic carbocycles. The highest BCUT2D eigenvalue weighted by molar-refractivity contribution is 5.67. The van der Waals surface area contributed by atoms with Crippen molar-refractivity contribution in [3.05, 3.63) is 72.6 Å². The van der Waals surface area contributed by atoms with E-state index in [9.17, 15) is 4.79 Å². The Kier molecular flexibility index (Phi) is 5.93. The first-order chi connectivity index (χ1) is 16.2. The maximum absolute atomic E-state index is 10.9. The Morgan fingerprint density at radius 3 is 2.36 bits per heavy atom. The quantitative estimate of drug-likeness (QED) is 0.420. The average Bonchev–Trinajstić information content (AvgIpc) is 3.36. The summed E-state index contributed by atoms with van der Waals surface area (Å²) in [6, 6.07) is 18.2. The van der Waals surface area contributed by atoms with E-state index >= 15 is 0 Å². The van der Waals surface area contributed by atoms with Crippen LogP contribution in [0.2, 0.25) is 0 Å². The van der Waals surface area contributed by atoms with Gasteiger partial charge in [0, 0.05) is 29.9 Å². The van der Waals surface area contributed by atoms with Crippen LogP contribution in [0.15, 0.2) is 67.0 Å². The minimum atomic E-state index is -0.682. The van der Waals surface area contributed by atoms with Crippen LogP contribution in [0.4, 0.5) is 0 Å². The number of hydrogen-bond donors (Lipinski definition) is 2. The summed E-state index contributed by atoms with van der Waals surface area (Å²) in [4.78, 5) is 24.4. The van der Waals surface area contributed by atoms with Crippen LogP contribution in [-0.4, -0.2) is 36.2 Å². The molecule has 1 aliphatic rings. The third kappa shape index (κ3) is 4.82. The van der Waals surface area contributed by atoms with E-state index in [0.29, 0.717) is 29.9 Å². The molecule has 0 bridgehead atoms. The lowest BCUT2D eigenvalue weighted by molar-refractivity contribution is -0.138. The summed E-state index contributed by atoms with van der Waals surface area (Å²) in [5.41, 5.74) is 4.88. The highest BCUT2D eigenvalue weighted by Gasteiger charge is 2.24. The van der Waals surface area contributed by atoms with E-state index in [1.165, 1.54) is 5.56 Å². The van der Waals surface area contributed by atoms with Crippen molar-refractivity contribution in [1.82, 2.24) is 25.1 Å². The van der Waals surface area contributed by atoms with E-state index in [1.807, 2.05) is 30.3 Å². The van der Waals surface area contributed by atoms with Gasteiger partial charge < -0.3 is 5.11 Å². The molecule has 0 atom stereocenters. The van der Waals surface area contributed by atoms with Crippen LogP contribution in [0, 0.1) is 5.92 Å². The zero-order valence-electron chi connectivity index (χ0n) is 18.2. The molecule has 0 spiro atoms. The van der Waals surface area contributed by atoms with Gasteiger partial charge in [-0.3, -0.25) is 19.9 Å². The van der Waals surface area contributed by atoms with Gasteiger partial charge in [-0.15, -0.1) is 0 Å². The predicted molar refractivity (Wildman–Crippen MR) is 125 cm³/mol. The Hall–Kier alpha value is -3.87. The molecule has 3 heterocycles. The highest BCUT2D eigenvalue weighted by atomic mass is 16.4. The largest absolute Gasteiger partial charge is 0.481 e. The molecule has 166 valence electrons. The lowest BCUT2D eigenvalue weighted by Crippen LogP contribution is -2.16. The fourth-order valence-corrected chi connectivity index (χ4v) is 4.58. The summed E-state index contributed by atoms with van der Waals surface area (Å²) in [5, 5.41) is 16.2. The van der Waals surface area contributed by atoms with E-state index in [-0.39, 0.29) is 0 Å². The van der Waals surface area contributed by atoms with E-state index in [2.05, 4.69) is 49.4 Å². The number of aliphatic carboxylic acids is 1. The number of nitrogens with one attached hydrogen (secondary N) is 1. The molecule has 1 aromatic carbocycles. The van der Waals surface area contributed by atoms with Crippen LogP contribution in [0.1, 0.15) is 43.6 Å². The van der Waals surface area contributed by atoms with Crippen LogP contribution < -0.4 is 0 Å². The van der Waals surface area contributed by atoms with Crippen molar-refractivity contribution >= 4 is 5.97 Å². The summed E-state index contributed by atoms with van der Waals surface area (Å²) < 4.78 is 0. The second kappa shape index (κ2) is 9.32. The van der Waals surface area contributed by atoms with Crippen molar-refractivity contribution in [3.63, 3.8) is 0 Å². The molecule has 0 amide bonds. The Labute approximate surface area is 192 Å². The van der Waals surface area contributed by atoms with Gasteiger partial charge in [-0.25, -0.2) is 4.98 Å². The number of benzene rings is 1. The highest BCUT2D eigenvalue weighted by Crippen LogP contribution is 2.37. The van der Waals surface area contributed by atoms with Gasteiger partial charge in [0.2, 0.25) is 0 Å². The molecule has 4 aromatic rings. The van der Waals surface area contributed by atoms with Gasteiger partial charge in [-0.2, -0.15) is 5.10 Å². The Morgan fingerprint density at radius 1 is 0.909 bits per heavy atom. The first-order valence-corrected chi connectivity index (χ1v) is 11.3. The molecule has 0 radical (unpaired) electrons. The van der Waals surface area contributed by atoms with Crippen LogP contribution >= 0.6 is 0 Å². The first-order valence-electron chi connectivity index (χ1n) is 11.3. The summed E-state index contributed by atoms with van der Waals surface area (Å²) in [6.07, 6.45) is 7.92. The second-order valence-corrected chi connectivity index (χ2v) is 8.59. The minimum Gasteiger partial charge on any atom is -0.481 e. The Morgan fingerprint density at radius 2 is 1.70 bits per heavy atom. The third-order valence-corrected chi connectivity index (χ3v) is 6.40. The molecule has 7 heteroatoms. The Bertz CT molecular complexity index is 1210. The van der Waals surface area contributed by atoms with Crippen molar-refractivity contribution in [2.24, 2.45) is 5.92 Å². The maximum atomic E-state index is 10.9. The molecular weight excluding hydrogens is 414 g/mol. The number of hydrogen-bond acceptors (Lipinski definition) is 5. The first kappa shape index (κ1) is 21.0. The molecule has 2 N–H and O–H groups in total. The van der Waals surface area contributed by atoms with Crippen LogP contribution in [0.25, 0.3) is 34.2 Å². The number of carboxylic acid groups (broad SMARTS) is 1. The molecule has 0 unspecified atom stereocenters. The van der Waals surface area contributed by atoms with Gasteiger partial charge in [-0.1, -0.05) is 30.3 Å². The SMILES string of the molecule is O=C(O)C[C@H]1CC[C@H](c2ccc(-c3ccc(-c4nc(-c5ccccn5)n[nH]4)cn3)cc2)CC1. The maximum Gasteiger partial charge on any atom is 0.303 e. The Balaban J connectivity index is 1.25. The third-order valence-electron chi connectivity index (χ3n) is 6.40. The number of carboxylic acids is 1. The van der Waals surface area contributed by atoms with E-state index in [0.717, 1.165) is 48.2 Å². The van der Waals surface area contributed by atoms with Crippen LogP contribution in [0.5, 0.6) is 0 Å². The number of rotatable bonds is 6. The summed E-state index contributed by atoms with van der Waals surface area (Å²) >= 11 is 0. The molecule has 0 aliphatic heterocycles. The molecule has 5 rings (SSSR count). The monoisotopic (exact) mass is 439 g/mol. The van der Waals surface area contributed by atoms with Gasteiger partial charge in [0.05, 0.1) is 5.69 Å². The molecular formula is C26H25N5O2. The van der Waals surface area contributed by atoms with Crippen molar-refractivity contribution in [3.8, 4) is 34.2 Å². The number of H-pyrrole nitrogens is 1. The van der Waals surface area contributed by atoms with Crippen molar-refractivity contribution in [2.45, 2.75) is 38.0 Å². The van der Waals surface area contributed by atoms with Crippen molar-refractivity contribution < 1.29 is 9.90 Å². The van der Waals surface area contributed by atoms with Gasteiger partial charge >= 0.3 is 5.97 Å². The minimum absolute atomic E-state index is 0.297. The van der Waals surface area contributed by atoms with Crippen LogP contribution in [-0.2, 0) is 4.79 Å². The number of nitrogens with zero attached hydrogens (tertiary/aromatic N) is 4. The van der Waals surface area contributed by atoms with Gasteiger partial charge in [0.15, 0.2) is 11.6 Å². The normalized spacial score (nSPS) is 18.2. The molecule has 3 aromatic heterocycles. The lowest BCUT2D eigenvalue weighted by Gasteiger charge is -2.28. The van der Waals surface area contributed by atoms with Crippen molar-refractivity contribution in [1.29, 1.82) is 0 Å². The number of aromatic nitrogens is 5. The fourth-order valence-electron chi connectivity index (χ4n) is 4.58. The molecule has 1 saturated carbocycles. The standard InChI is InChI=1S/C26H25N5O2/c32-24(33)15-17-4-6-18(7-5-17)19-8-10-20(11-9-19)22-13-12-21(16-28-22)25-29-26(31-30-25)23-3-1-2-14-27-23/h1-3,8-14,16-18H,4-7,15H2,(H,32,33)(H,29,30,31)/t17-,18-. The summed E-state index contributed by atoms with van der Waals surface area (Å²) in [5.74, 6) is 1.37. The van der Waals surface area contributed by atoms with E-state index in [1.54, 1.807) is 12.4 Å². The molecule has 0 saturated heterocycles. The summed E-state index contributed by atoms with van der Waals surface area (Å²) in [7, 11) is 0. The topological polar surface area (TPSA) is 105 Å². The van der Waals surface area contributed by atoms with E-state index < -0.39 is 5.97 Å². The summed E-state index contributed by atoms with van der Waals surface area (Å²) in [6.45, 7) is 0. The number of aromatic amines is 1. The molecule has 33 heavy (non-hydrogen) atoms. The van der Waals surface area contributed by atoms with Crippen molar-refractivity contribution in [2.75, 3.05) is 0 Å². The lowest BCUT2D eigenvalue weighted by atomic mass is 9.77. The van der Waals surface area contributed by atoms with Gasteiger partial charge in [-0.05, 0) is 67.3 Å². The predicted octanol–water partition coefficient (Wildman–Crippen LogP) is 5.34. The number of pyridine rings is 2. The van der Waals surface area contributed by atoms with E-state index in [4.69, 9.17) is 5.11 Å². The van der Waals surface area contributed by atoms with Crippen LogP contribution in [0.3, 0.4) is 0 Å². The molecule has 7 nitrogen and oxygen atoms in total. The van der Waals surface area contributed by atoms with Gasteiger partial charge in [0.1, 0.15) is 5.69 Å². The number of carbonyl (C=O) groups is 1. The smallest absolute Gasteiger partial charge is 0.303 e. The zero-order chi connectivity index (χ0) is 22.6. The molecule has 1 fully saturated rings.